The van der Waals surface area contributed by atoms with E-state index in [9.17, 15) is 14.4 Å². The molecular formula is C21H19N3O3S. The van der Waals surface area contributed by atoms with Gasteiger partial charge in [0.1, 0.15) is 6.54 Å². The van der Waals surface area contributed by atoms with E-state index in [1.165, 1.54) is 28.6 Å². The highest BCUT2D eigenvalue weighted by atomic mass is 32.2. The highest BCUT2D eigenvalue weighted by Crippen LogP contribution is 2.34. The Morgan fingerprint density at radius 2 is 2.04 bits per heavy atom. The van der Waals surface area contributed by atoms with Crippen molar-refractivity contribution in [2.75, 3.05) is 36.1 Å². The molecule has 0 fully saturated rings. The third kappa shape index (κ3) is 4.53. The molecule has 0 unspecified atom stereocenters. The van der Waals surface area contributed by atoms with E-state index in [1.807, 2.05) is 24.3 Å². The Bertz CT molecular complexity index is 967. The summed E-state index contributed by atoms with van der Waals surface area (Å²) in [7, 11) is 1.54. The molecule has 0 spiro atoms. The zero-order valence-electron chi connectivity index (χ0n) is 15.3. The number of hydrogen-bond donors (Lipinski definition) is 1. The Balaban J connectivity index is 1.61. The molecule has 142 valence electrons. The van der Waals surface area contributed by atoms with Crippen LogP contribution in [0.5, 0.6) is 0 Å². The van der Waals surface area contributed by atoms with Crippen LogP contribution in [-0.2, 0) is 14.4 Å². The van der Waals surface area contributed by atoms with Crippen molar-refractivity contribution in [2.24, 2.45) is 0 Å². The van der Waals surface area contributed by atoms with Crippen LogP contribution in [0.1, 0.15) is 5.56 Å². The van der Waals surface area contributed by atoms with Gasteiger partial charge in [-0.25, -0.2) is 0 Å². The second-order valence-electron chi connectivity index (χ2n) is 6.26. The van der Waals surface area contributed by atoms with Gasteiger partial charge in [0.2, 0.25) is 17.7 Å². The lowest BCUT2D eigenvalue weighted by molar-refractivity contribution is -0.133. The topological polar surface area (TPSA) is 69.7 Å². The van der Waals surface area contributed by atoms with Gasteiger partial charge in [0, 0.05) is 23.2 Å². The first kappa shape index (κ1) is 19.5. The van der Waals surface area contributed by atoms with Crippen LogP contribution in [0, 0.1) is 12.3 Å². The smallest absolute Gasteiger partial charge is 0.243 e. The number of nitrogens with zero attached hydrogens (tertiary/aromatic N) is 2. The SMILES string of the molecule is C#Cc1cccc(NC(=O)CN(C)C(=O)CN2C(=O)CSc3ccccc32)c1. The molecule has 6 nitrogen and oxygen atoms in total. The third-order valence-electron chi connectivity index (χ3n) is 4.22. The van der Waals surface area contributed by atoms with E-state index in [0.717, 1.165) is 10.6 Å². The molecule has 28 heavy (non-hydrogen) atoms. The summed E-state index contributed by atoms with van der Waals surface area (Å²) in [5.41, 5.74) is 1.95. The van der Waals surface area contributed by atoms with Gasteiger partial charge in [0.25, 0.3) is 0 Å². The Hall–Kier alpha value is -3.24. The van der Waals surface area contributed by atoms with E-state index in [0.29, 0.717) is 17.0 Å². The van der Waals surface area contributed by atoms with E-state index < -0.39 is 0 Å². The molecule has 7 heteroatoms. The van der Waals surface area contributed by atoms with E-state index in [1.54, 1.807) is 24.3 Å². The standard InChI is InChI=1S/C21H19N3O3S/c1-3-15-7-6-8-16(11-15)22-19(25)12-23(2)20(26)13-24-17-9-4-5-10-18(17)28-14-21(24)27/h1,4-11H,12-14H2,2H3,(H,22,25). The van der Waals surface area contributed by atoms with Crippen LogP contribution >= 0.6 is 11.8 Å². The lowest BCUT2D eigenvalue weighted by Gasteiger charge is -2.29. The molecule has 1 N–H and O–H groups in total. The maximum Gasteiger partial charge on any atom is 0.243 e. The molecule has 1 heterocycles. The summed E-state index contributed by atoms with van der Waals surface area (Å²) >= 11 is 1.46. The quantitative estimate of drug-likeness (QED) is 0.791. The van der Waals surface area contributed by atoms with Gasteiger partial charge in [0.05, 0.1) is 18.0 Å². The maximum atomic E-state index is 12.6. The molecule has 0 atom stereocenters. The highest BCUT2D eigenvalue weighted by Gasteiger charge is 2.27. The van der Waals surface area contributed by atoms with E-state index in [4.69, 9.17) is 6.42 Å². The van der Waals surface area contributed by atoms with Crippen molar-refractivity contribution >= 4 is 40.9 Å². The van der Waals surface area contributed by atoms with Crippen molar-refractivity contribution in [1.82, 2.24) is 4.90 Å². The summed E-state index contributed by atoms with van der Waals surface area (Å²) in [5.74, 6) is 2.01. The van der Waals surface area contributed by atoms with Gasteiger partial charge in [-0.3, -0.25) is 14.4 Å². The summed E-state index contributed by atoms with van der Waals surface area (Å²) in [6.45, 7) is -0.232. The van der Waals surface area contributed by atoms with E-state index in [-0.39, 0.29) is 30.8 Å². The van der Waals surface area contributed by atoms with Crippen molar-refractivity contribution in [2.45, 2.75) is 4.90 Å². The molecule has 3 rings (SSSR count). The monoisotopic (exact) mass is 393 g/mol. The van der Waals surface area contributed by atoms with Gasteiger partial charge in [0.15, 0.2) is 0 Å². The first-order valence-electron chi connectivity index (χ1n) is 8.60. The summed E-state index contributed by atoms with van der Waals surface area (Å²) in [5, 5.41) is 2.72. The van der Waals surface area contributed by atoms with Gasteiger partial charge in [-0.1, -0.05) is 24.1 Å². The number of anilines is 2. The number of rotatable bonds is 5. The molecule has 0 saturated carbocycles. The van der Waals surface area contributed by atoms with Crippen LogP contribution in [0.25, 0.3) is 0 Å². The first-order valence-corrected chi connectivity index (χ1v) is 9.59. The van der Waals surface area contributed by atoms with Crippen LogP contribution in [0.3, 0.4) is 0 Å². The number of nitrogens with one attached hydrogen (secondary N) is 1. The zero-order chi connectivity index (χ0) is 20.1. The van der Waals surface area contributed by atoms with Crippen LogP contribution in [0.4, 0.5) is 11.4 Å². The third-order valence-corrected chi connectivity index (χ3v) is 5.27. The Kier molecular flexibility index (Phi) is 6.02. The molecular weight excluding hydrogens is 374 g/mol. The molecule has 3 amide bonds. The summed E-state index contributed by atoms with van der Waals surface area (Å²) < 4.78 is 0. The molecule has 0 saturated heterocycles. The van der Waals surface area contributed by atoms with Crippen molar-refractivity contribution in [1.29, 1.82) is 0 Å². The number of amides is 3. The van der Waals surface area contributed by atoms with Gasteiger partial charge < -0.3 is 15.1 Å². The second kappa shape index (κ2) is 8.63. The number of fused-ring (bicyclic) bond motifs is 1. The van der Waals surface area contributed by atoms with Crippen molar-refractivity contribution in [3.05, 3.63) is 54.1 Å². The molecule has 2 aromatic rings. The number of benzene rings is 2. The Morgan fingerprint density at radius 3 is 2.82 bits per heavy atom. The number of terminal acetylenes is 1. The van der Waals surface area contributed by atoms with Gasteiger partial charge in [-0.2, -0.15) is 0 Å². The summed E-state index contributed by atoms with van der Waals surface area (Å²) in [6.07, 6.45) is 5.35. The number of likely N-dealkylation sites (N-methyl/N-ethyl adjacent to an activating group) is 1. The first-order chi connectivity index (χ1) is 13.5. The fourth-order valence-electron chi connectivity index (χ4n) is 2.77. The second-order valence-corrected chi connectivity index (χ2v) is 7.28. The van der Waals surface area contributed by atoms with E-state index in [2.05, 4.69) is 11.2 Å². The molecule has 0 aliphatic carbocycles. The molecule has 1 aliphatic heterocycles. The van der Waals surface area contributed by atoms with Gasteiger partial charge in [-0.05, 0) is 30.3 Å². The summed E-state index contributed by atoms with van der Waals surface area (Å²) in [6, 6.07) is 14.4. The fourth-order valence-corrected chi connectivity index (χ4v) is 3.71. The fraction of sp³-hybridized carbons (Fsp3) is 0.190. The number of carbonyl (C=O) groups is 3. The normalized spacial score (nSPS) is 12.7. The summed E-state index contributed by atoms with van der Waals surface area (Å²) in [4.78, 5) is 40.8. The van der Waals surface area contributed by atoms with Gasteiger partial charge >= 0.3 is 0 Å². The maximum absolute atomic E-state index is 12.6. The Morgan fingerprint density at radius 1 is 1.25 bits per heavy atom. The van der Waals surface area contributed by atoms with Crippen LogP contribution in [-0.4, -0.2) is 48.5 Å². The predicted octanol–water partition coefficient (Wildman–Crippen LogP) is 2.20. The lowest BCUT2D eigenvalue weighted by atomic mass is 10.2. The predicted molar refractivity (Wildman–Crippen MR) is 110 cm³/mol. The number of carbonyl (C=O) groups excluding carboxylic acids is 3. The Labute approximate surface area is 167 Å². The molecule has 1 aliphatic rings. The number of thioether (sulfide) groups is 1. The molecule has 0 bridgehead atoms. The number of hydrogen-bond acceptors (Lipinski definition) is 4. The molecule has 0 aromatic heterocycles. The highest BCUT2D eigenvalue weighted by molar-refractivity contribution is 8.00. The average molecular weight is 393 g/mol. The lowest BCUT2D eigenvalue weighted by Crippen LogP contribution is -2.45. The number of para-hydroxylation sites is 1. The zero-order valence-corrected chi connectivity index (χ0v) is 16.2. The largest absolute Gasteiger partial charge is 0.335 e. The molecule has 0 radical (unpaired) electrons. The van der Waals surface area contributed by atoms with Crippen molar-refractivity contribution in [3.8, 4) is 12.3 Å². The minimum Gasteiger partial charge on any atom is -0.335 e. The van der Waals surface area contributed by atoms with Crippen molar-refractivity contribution in [3.63, 3.8) is 0 Å². The van der Waals surface area contributed by atoms with Crippen LogP contribution < -0.4 is 10.2 Å². The van der Waals surface area contributed by atoms with Crippen LogP contribution in [0.2, 0.25) is 0 Å². The van der Waals surface area contributed by atoms with Crippen LogP contribution in [0.15, 0.2) is 53.4 Å². The van der Waals surface area contributed by atoms with Gasteiger partial charge in [-0.15, -0.1) is 18.2 Å². The average Bonchev–Trinajstić information content (AvgIpc) is 2.70. The minimum atomic E-state index is -0.342. The van der Waals surface area contributed by atoms with E-state index >= 15 is 0 Å². The minimum absolute atomic E-state index is 0.104. The van der Waals surface area contributed by atoms with Crippen molar-refractivity contribution < 1.29 is 14.4 Å². The molecule has 2 aromatic carbocycles.